The van der Waals surface area contributed by atoms with Gasteiger partial charge < -0.3 is 15.4 Å². The molecule has 0 bridgehead atoms. The highest BCUT2D eigenvalue weighted by atomic mass is 35.5. The van der Waals surface area contributed by atoms with Crippen molar-refractivity contribution in [2.75, 3.05) is 20.3 Å². The number of nitrogens with one attached hydrogen (secondary N) is 2. The molecule has 0 radical (unpaired) electrons. The zero-order chi connectivity index (χ0) is 31.3. The predicted octanol–water partition coefficient (Wildman–Crippen LogP) is 7.45. The molecule has 5 nitrogen and oxygen atoms in total. The van der Waals surface area contributed by atoms with E-state index in [4.69, 9.17) is 34.8 Å². The minimum Gasteiger partial charge on any atom is -0.382 e. The molecule has 2 amide bonds. The summed E-state index contributed by atoms with van der Waals surface area (Å²) in [6.07, 6.45) is -13.7. The number of allylic oxidation sites excluding steroid dienone is 1. The Morgan fingerprint density at radius 3 is 2.02 bits per heavy atom. The first-order chi connectivity index (χ1) is 18.7. The van der Waals surface area contributed by atoms with Crippen molar-refractivity contribution < 1.29 is 53.8 Å². The lowest BCUT2D eigenvalue weighted by Gasteiger charge is -2.20. The van der Waals surface area contributed by atoms with Crippen LogP contribution in [0, 0.1) is 0 Å². The van der Waals surface area contributed by atoms with Crippen LogP contribution in [0.1, 0.15) is 33.0 Å². The van der Waals surface area contributed by atoms with Gasteiger partial charge in [-0.15, -0.1) is 0 Å². The molecule has 2 atom stereocenters. The first kappa shape index (κ1) is 34.5. The lowest BCUT2D eigenvalue weighted by atomic mass is 9.96. The lowest BCUT2D eigenvalue weighted by Crippen LogP contribution is -2.51. The van der Waals surface area contributed by atoms with Crippen LogP contribution in [0.4, 0.5) is 39.5 Å². The average Bonchev–Trinajstić information content (AvgIpc) is 2.83. The Labute approximate surface area is 241 Å². The van der Waals surface area contributed by atoms with Crippen LogP contribution in [-0.4, -0.2) is 50.5 Å². The summed E-state index contributed by atoms with van der Waals surface area (Å²) in [6, 6.07) is 1.90. The predicted molar refractivity (Wildman–Crippen MR) is 133 cm³/mol. The molecule has 2 aromatic rings. The van der Waals surface area contributed by atoms with Gasteiger partial charge in [0.05, 0.1) is 38.7 Å². The largest absolute Gasteiger partial charge is 0.417 e. The Kier molecular flexibility index (Phi) is 11.4. The van der Waals surface area contributed by atoms with Crippen molar-refractivity contribution in [1.29, 1.82) is 0 Å². The van der Waals surface area contributed by atoms with Crippen LogP contribution in [0.25, 0.3) is 6.08 Å². The van der Waals surface area contributed by atoms with Crippen LogP contribution >= 0.6 is 34.8 Å². The smallest absolute Gasteiger partial charge is 0.382 e. The second-order valence-electron chi connectivity index (χ2n) is 8.29. The average molecular weight is 660 g/mol. The monoisotopic (exact) mass is 658 g/mol. The summed E-state index contributed by atoms with van der Waals surface area (Å²) in [5, 5.41) is 2.57. The van der Waals surface area contributed by atoms with E-state index in [-0.39, 0.29) is 15.1 Å². The number of halogens is 12. The Balaban J connectivity index is 2.42. The normalized spacial score (nSPS) is 14.2. The highest BCUT2D eigenvalue weighted by molar-refractivity contribution is 6.48. The van der Waals surface area contributed by atoms with Gasteiger partial charge in [0.2, 0.25) is 5.91 Å². The molecule has 2 N–H and O–H groups in total. The van der Waals surface area contributed by atoms with E-state index in [1.54, 1.807) is 0 Å². The van der Waals surface area contributed by atoms with Gasteiger partial charge >= 0.3 is 18.5 Å². The fourth-order valence-electron chi connectivity index (χ4n) is 3.37. The molecule has 226 valence electrons. The van der Waals surface area contributed by atoms with Crippen LogP contribution in [0.3, 0.4) is 0 Å². The topological polar surface area (TPSA) is 67.4 Å². The molecule has 2 unspecified atom stereocenters. The first-order valence-corrected chi connectivity index (χ1v) is 12.1. The van der Waals surface area contributed by atoms with E-state index in [1.165, 1.54) is 5.32 Å². The first-order valence-electron chi connectivity index (χ1n) is 11.0. The number of rotatable bonds is 9. The molecule has 2 aromatic carbocycles. The number of amides is 2. The maximum Gasteiger partial charge on any atom is 0.417 e. The van der Waals surface area contributed by atoms with Crippen molar-refractivity contribution in [3.8, 4) is 0 Å². The molecule has 41 heavy (non-hydrogen) atoms. The number of alkyl halides is 9. The number of hydrogen-bond donors (Lipinski definition) is 2. The van der Waals surface area contributed by atoms with Crippen LogP contribution in [-0.2, 0) is 15.7 Å². The highest BCUT2D eigenvalue weighted by Crippen LogP contribution is 2.41. The van der Waals surface area contributed by atoms with Crippen LogP contribution < -0.4 is 10.6 Å². The van der Waals surface area contributed by atoms with Gasteiger partial charge in [0.1, 0.15) is 12.6 Å². The molecule has 17 heteroatoms. The SMILES string of the molecule is COCC(NC(=O)c1ccc(/C=C/C(c2cc(Cl)c(Cl)c(Cl)c2)C(F)(F)F)cc1C(F)(F)F)C(=O)NCC(F)(F)F. The van der Waals surface area contributed by atoms with Crippen molar-refractivity contribution in [2.45, 2.75) is 30.5 Å². The number of methoxy groups -OCH3 is 1. The Morgan fingerprint density at radius 1 is 0.951 bits per heavy atom. The van der Waals surface area contributed by atoms with Gasteiger partial charge in [0, 0.05) is 7.11 Å². The summed E-state index contributed by atoms with van der Waals surface area (Å²) >= 11 is 17.4. The van der Waals surface area contributed by atoms with E-state index >= 15 is 0 Å². The third-order valence-corrected chi connectivity index (χ3v) is 6.41. The molecule has 0 fully saturated rings. The summed E-state index contributed by atoms with van der Waals surface area (Å²) in [4.78, 5) is 24.7. The molecular formula is C24H18Cl3F9N2O3. The minimum absolute atomic E-state index is 0.198. The lowest BCUT2D eigenvalue weighted by molar-refractivity contribution is -0.140. The number of carbonyl (C=O) groups excluding carboxylic acids is 2. The maximum absolute atomic E-state index is 13.8. The van der Waals surface area contributed by atoms with E-state index in [0.29, 0.717) is 18.2 Å². The van der Waals surface area contributed by atoms with Crippen LogP contribution in [0.2, 0.25) is 15.1 Å². The number of carbonyl (C=O) groups is 2. The summed E-state index contributed by atoms with van der Waals surface area (Å²) in [7, 11) is 1.03. The van der Waals surface area contributed by atoms with Gasteiger partial charge in [-0.2, -0.15) is 39.5 Å². The van der Waals surface area contributed by atoms with Gasteiger partial charge in [-0.1, -0.05) is 53.0 Å². The number of benzene rings is 2. The fraction of sp³-hybridized carbons (Fsp3) is 0.333. The molecule has 0 aliphatic heterocycles. The van der Waals surface area contributed by atoms with Crippen molar-refractivity contribution in [3.63, 3.8) is 0 Å². The summed E-state index contributed by atoms with van der Waals surface area (Å²) in [5.74, 6) is -5.25. The van der Waals surface area contributed by atoms with Crippen molar-refractivity contribution in [1.82, 2.24) is 10.6 Å². The second kappa shape index (κ2) is 13.5. The van der Waals surface area contributed by atoms with E-state index < -0.39 is 77.7 Å². The van der Waals surface area contributed by atoms with Crippen LogP contribution in [0.15, 0.2) is 36.4 Å². The van der Waals surface area contributed by atoms with E-state index in [1.807, 2.05) is 5.32 Å². The molecular weight excluding hydrogens is 642 g/mol. The van der Waals surface area contributed by atoms with E-state index in [0.717, 1.165) is 31.4 Å². The van der Waals surface area contributed by atoms with Gasteiger partial charge in [0.25, 0.3) is 5.91 Å². The number of ether oxygens (including phenoxy) is 1. The van der Waals surface area contributed by atoms with E-state index in [9.17, 15) is 49.1 Å². The second-order valence-corrected chi connectivity index (χ2v) is 9.49. The van der Waals surface area contributed by atoms with Gasteiger partial charge in [-0.3, -0.25) is 9.59 Å². The Hall–Kier alpha value is -2.68. The Bertz CT molecular complexity index is 1270. The molecule has 2 rings (SSSR count). The third kappa shape index (κ3) is 9.97. The Morgan fingerprint density at radius 2 is 1.54 bits per heavy atom. The van der Waals surface area contributed by atoms with Gasteiger partial charge in [-0.05, 0) is 35.4 Å². The van der Waals surface area contributed by atoms with Crippen LogP contribution in [0.5, 0.6) is 0 Å². The maximum atomic E-state index is 13.8. The molecule has 0 saturated heterocycles. The van der Waals surface area contributed by atoms with Crippen molar-refractivity contribution in [3.05, 3.63) is 73.7 Å². The molecule has 0 heterocycles. The molecule has 0 spiro atoms. The number of hydrogen-bond acceptors (Lipinski definition) is 3. The molecule has 0 aliphatic rings. The molecule has 0 saturated carbocycles. The summed E-state index contributed by atoms with van der Waals surface area (Å²) < 4.78 is 125. The zero-order valence-corrected chi connectivity index (χ0v) is 22.6. The molecule has 0 aliphatic carbocycles. The minimum atomic E-state index is -5.20. The van der Waals surface area contributed by atoms with Crippen molar-refractivity contribution >= 4 is 52.7 Å². The highest BCUT2D eigenvalue weighted by Gasteiger charge is 2.40. The van der Waals surface area contributed by atoms with E-state index in [2.05, 4.69) is 4.74 Å². The summed E-state index contributed by atoms with van der Waals surface area (Å²) in [6.45, 7) is -2.46. The third-order valence-electron chi connectivity index (χ3n) is 5.21. The fourth-order valence-corrected chi connectivity index (χ4v) is 3.98. The zero-order valence-electron chi connectivity index (χ0n) is 20.4. The van der Waals surface area contributed by atoms with Gasteiger partial charge in [0.15, 0.2) is 0 Å². The summed E-state index contributed by atoms with van der Waals surface area (Å²) in [5.41, 5.74) is -3.49. The quantitative estimate of drug-likeness (QED) is 0.217. The van der Waals surface area contributed by atoms with Gasteiger partial charge in [-0.25, -0.2) is 0 Å². The van der Waals surface area contributed by atoms with Crippen molar-refractivity contribution in [2.24, 2.45) is 0 Å². The molecule has 0 aromatic heterocycles. The standard InChI is InChI=1S/C24H18Cl3F9N2O3/c1-41-9-18(21(40)37-10-22(28,29)30)38-20(39)13-4-2-11(6-15(13)24(34,35)36)3-5-14(23(31,32)33)12-7-16(25)19(27)17(26)8-12/h2-8,14,18H,9-10H2,1H3,(H,37,40)(H,38,39)/b5-3+.